The summed E-state index contributed by atoms with van der Waals surface area (Å²) < 4.78 is 81.4. The van der Waals surface area contributed by atoms with E-state index in [1.165, 1.54) is 21.3 Å². The molecule has 0 radical (unpaired) electrons. The van der Waals surface area contributed by atoms with Gasteiger partial charge in [0.2, 0.25) is 23.1 Å². The lowest BCUT2D eigenvalue weighted by molar-refractivity contribution is 0.0952. The molecule has 7 aromatic rings. The van der Waals surface area contributed by atoms with E-state index in [0.717, 1.165) is 38.0 Å². The quantitative estimate of drug-likeness (QED) is 0.114. The van der Waals surface area contributed by atoms with Gasteiger partial charge in [-0.2, -0.15) is 0 Å². The molecular formula is C70H76N2O22S2. The lowest BCUT2D eigenvalue weighted by Crippen LogP contribution is -2.03. The highest BCUT2D eigenvalue weighted by atomic mass is 32.2. The predicted octanol–water partition coefficient (Wildman–Crippen LogP) is 11.1. The lowest BCUT2D eigenvalue weighted by Gasteiger charge is -2.14. The van der Waals surface area contributed by atoms with Crippen molar-refractivity contribution in [2.75, 3.05) is 148 Å². The number of rotatable bonds is 11. The van der Waals surface area contributed by atoms with Crippen molar-refractivity contribution in [2.45, 2.75) is 12.3 Å². The number of anilines is 2. The van der Waals surface area contributed by atoms with Gasteiger partial charge < -0.3 is 86.4 Å². The number of carbonyl (C=O) groups is 6. The number of thioether (sulfide) groups is 1. The molecule has 0 bridgehead atoms. The molecule has 7 heterocycles. The molecular weight excluding hydrogens is 1280 g/mol. The van der Waals surface area contributed by atoms with Crippen LogP contribution in [0, 0.1) is 0 Å². The summed E-state index contributed by atoms with van der Waals surface area (Å²) >= 11 is 6.79. The highest BCUT2D eigenvalue weighted by Crippen LogP contribution is 2.46. The summed E-state index contributed by atoms with van der Waals surface area (Å²) in [5, 5.41) is 5.98. The van der Waals surface area contributed by atoms with E-state index in [1.807, 2.05) is 30.3 Å². The minimum atomic E-state index is -0.0560. The minimum absolute atomic E-state index is 0. The molecule has 7 aromatic carbocycles. The number of carbonyl (C=O) groups excluding carboxylic acids is 6. The third-order valence-corrected chi connectivity index (χ3v) is 15.7. The van der Waals surface area contributed by atoms with Crippen LogP contribution < -0.4 is 81.7 Å². The van der Waals surface area contributed by atoms with Crippen LogP contribution in [0.1, 0.15) is 75.1 Å². The first-order valence-electron chi connectivity index (χ1n) is 28.7. The summed E-state index contributed by atoms with van der Waals surface area (Å²) in [6.07, 6.45) is 0. The maximum Gasteiger partial charge on any atom is 0.207 e. The zero-order chi connectivity index (χ0) is 68.9. The molecule has 24 nitrogen and oxygen atoms in total. The van der Waals surface area contributed by atoms with Crippen LogP contribution in [0.15, 0.2) is 108 Å². The molecule has 0 atom stereocenters. The molecule has 0 fully saturated rings. The van der Waals surface area contributed by atoms with Crippen molar-refractivity contribution in [1.29, 1.82) is 0 Å². The summed E-state index contributed by atoms with van der Waals surface area (Å²) in [4.78, 5) is 69.8. The first-order valence-corrected chi connectivity index (χ1v) is 30.1. The molecule has 0 aliphatic carbocycles. The smallest absolute Gasteiger partial charge is 0.207 e. The number of Topliss-reactive ketones (excluding diaryl/α,β-unsaturated/α-hetero) is 6. The Morgan fingerprint density at radius 3 is 1.40 bits per heavy atom. The molecule has 0 amide bonds. The van der Waals surface area contributed by atoms with Crippen molar-refractivity contribution < 1.29 is 105 Å². The van der Waals surface area contributed by atoms with Gasteiger partial charge in [-0.3, -0.25) is 28.8 Å². The van der Waals surface area contributed by atoms with Gasteiger partial charge in [-0.1, -0.05) is 43.9 Å². The maximum absolute atomic E-state index is 11.7. The largest absolute Gasteiger partial charge is 0.497 e. The molecule has 14 rings (SSSR count). The zero-order valence-corrected chi connectivity index (χ0v) is 56.2. The highest BCUT2D eigenvalue weighted by Gasteiger charge is 2.31. The Morgan fingerprint density at radius 1 is 0.365 bits per heavy atom. The second kappa shape index (κ2) is 35.7. The summed E-state index contributed by atoms with van der Waals surface area (Å²) in [7, 11) is 20.3. The van der Waals surface area contributed by atoms with E-state index in [1.54, 1.807) is 156 Å². The third kappa shape index (κ3) is 17.5. The van der Waals surface area contributed by atoms with Gasteiger partial charge in [-0.15, -0.1) is 11.8 Å². The molecule has 2 N–H and O–H groups in total. The topological polar surface area (TPSA) is 274 Å². The minimum Gasteiger partial charge on any atom is -0.497 e. The van der Waals surface area contributed by atoms with Gasteiger partial charge in [0.25, 0.3) is 0 Å². The van der Waals surface area contributed by atoms with Crippen LogP contribution >= 0.6 is 24.0 Å². The Hall–Kier alpha value is -10.4. The Labute approximate surface area is 565 Å². The van der Waals surface area contributed by atoms with Gasteiger partial charge in [0.1, 0.15) is 86.7 Å². The summed E-state index contributed by atoms with van der Waals surface area (Å²) in [6.45, 7) is 1.44. The predicted molar refractivity (Wildman–Crippen MR) is 364 cm³/mol. The van der Waals surface area contributed by atoms with E-state index >= 15 is 0 Å². The van der Waals surface area contributed by atoms with Crippen molar-refractivity contribution in [3.8, 4) is 86.2 Å². The van der Waals surface area contributed by atoms with Crippen molar-refractivity contribution in [2.24, 2.45) is 0 Å². The molecule has 0 aromatic heterocycles. The first-order chi connectivity index (χ1) is 45.9. The van der Waals surface area contributed by atoms with Gasteiger partial charge >= 0.3 is 0 Å². The van der Waals surface area contributed by atoms with E-state index in [4.69, 9.17) is 83.3 Å². The zero-order valence-electron chi connectivity index (χ0n) is 54.6. The second-order valence-corrected chi connectivity index (χ2v) is 21.4. The van der Waals surface area contributed by atoms with Crippen LogP contribution in [0.4, 0.5) is 11.4 Å². The van der Waals surface area contributed by atoms with Crippen LogP contribution in [-0.2, 0) is 4.74 Å². The van der Waals surface area contributed by atoms with Crippen molar-refractivity contribution >= 4 is 74.9 Å². The average molecular weight is 1360 g/mol. The fraction of sp³-hybridized carbons (Fsp3) is 0.300. The number of ether oxygens (including phenoxy) is 16. The van der Waals surface area contributed by atoms with Crippen molar-refractivity contribution in [1.82, 2.24) is 0 Å². The van der Waals surface area contributed by atoms with Crippen LogP contribution in [0.25, 0.3) is 0 Å². The SMILES string of the molecule is C.COC.COc1cc(OC)c2c(c1)OCC2=O.COc1cc(OC)c2c(c1)OCC2=S.COc1cc2c(c(OC)c1)C(=O)CN2.COc1cc2c(c(OC)c1OC)C(=O)CN2.COc1ccc2c(c1)OCC2=O.COc1cccc2c1C(=O)CO2.O=C1CSc2ccccc21. The van der Waals surface area contributed by atoms with Crippen molar-refractivity contribution in [3.63, 3.8) is 0 Å². The van der Waals surface area contributed by atoms with Crippen LogP contribution in [0.3, 0.4) is 0 Å². The van der Waals surface area contributed by atoms with Crippen LogP contribution in [0.5, 0.6) is 86.2 Å². The number of hydrogen-bond acceptors (Lipinski definition) is 26. The van der Waals surface area contributed by atoms with Crippen LogP contribution in [0.2, 0.25) is 0 Å². The Kier molecular flexibility index (Phi) is 27.8. The fourth-order valence-corrected chi connectivity index (χ4v) is 11.0. The molecule has 510 valence electrons. The molecule has 0 saturated heterocycles. The maximum atomic E-state index is 11.7. The molecule has 7 aliphatic heterocycles. The molecule has 0 unspecified atom stereocenters. The summed E-state index contributed by atoms with van der Waals surface area (Å²) in [5.41, 5.74) is 6.15. The van der Waals surface area contributed by atoms with Gasteiger partial charge in [-0.25, -0.2) is 0 Å². The third-order valence-electron chi connectivity index (χ3n) is 14.3. The second-order valence-electron chi connectivity index (χ2n) is 19.9. The number of hydrogen-bond donors (Lipinski definition) is 2. The number of methoxy groups -OCH3 is 12. The Bertz CT molecular complexity index is 3810. The van der Waals surface area contributed by atoms with Crippen LogP contribution in [-0.4, -0.2) is 177 Å². The van der Waals surface area contributed by atoms with Gasteiger partial charge in [0.15, 0.2) is 48.7 Å². The van der Waals surface area contributed by atoms with E-state index in [9.17, 15) is 28.8 Å². The molecule has 0 saturated carbocycles. The van der Waals surface area contributed by atoms with Crippen molar-refractivity contribution in [3.05, 3.63) is 142 Å². The number of fused-ring (bicyclic) bond motifs is 7. The number of benzene rings is 7. The van der Waals surface area contributed by atoms with E-state index in [2.05, 4.69) is 15.4 Å². The normalized spacial score (nSPS) is 13.3. The number of thiocarbonyl (C=S) groups is 1. The van der Waals surface area contributed by atoms with Gasteiger partial charge in [0.05, 0.1) is 136 Å². The van der Waals surface area contributed by atoms with Gasteiger partial charge in [0, 0.05) is 73.2 Å². The fourth-order valence-electron chi connectivity index (χ4n) is 9.83. The average Bonchev–Trinajstić information content (AvgIpc) is 1.56. The lowest BCUT2D eigenvalue weighted by atomic mass is 10.1. The summed E-state index contributed by atoms with van der Waals surface area (Å²) in [6, 6.07) is 30.5. The highest BCUT2D eigenvalue weighted by molar-refractivity contribution is 8.00. The number of ketones is 6. The van der Waals surface area contributed by atoms with Gasteiger partial charge in [-0.05, 0) is 30.3 Å². The molecule has 0 spiro atoms. The first kappa shape index (κ1) is 74.6. The standard InChI is InChI=1S/C11H13NO4.C10H11NO3.C10H10O4.C10H10O3S.2C9H8O3.C8H6OS.C2H6O.CH4/c1-14-8-4-6-9(7(13)5-12-6)11(16-3)10(8)15-2;1-13-6-3-7-10(8(12)5-11-7)9(4-6)14-2;1-12-6-3-8(13-2)10-7(11)5-14-9(10)4-6;1-11-6-3-7(12-2)10-8(4-6)13-5-9(10)14;1-11-6-2-3-7-8(10)5-12-9(7)4-6;1-11-7-3-2-4-8-9(7)6(10)5-12-8;9-7-5-10-8-4-2-1-3-6(7)8;1-3-2;/h4,12H,5H2,1-3H3;3-4,11H,5H2,1-2H3;2*3-4H,5H2,1-2H3;2*2-4H,5H2,1H3;1-4H,5H2;1-2H3;1H4. The summed E-state index contributed by atoms with van der Waals surface area (Å²) in [5.74, 6) is 9.94. The molecule has 7 aliphatic rings. The van der Waals surface area contributed by atoms with E-state index in [0.29, 0.717) is 127 Å². The Balaban J connectivity index is 0.000000176. The Morgan fingerprint density at radius 2 is 0.833 bits per heavy atom. The van der Waals surface area contributed by atoms with E-state index < -0.39 is 0 Å². The molecule has 96 heavy (non-hydrogen) atoms. The monoisotopic (exact) mass is 1360 g/mol. The molecule has 26 heteroatoms. The number of nitrogens with one attached hydrogen (secondary N) is 2. The van der Waals surface area contributed by atoms with E-state index in [-0.39, 0.29) is 68.5 Å².